The molecule has 2 heterocycles. The smallest absolute Gasteiger partial charge is 0.122 e. The highest BCUT2D eigenvalue weighted by molar-refractivity contribution is 5.81. The van der Waals surface area contributed by atoms with Crippen LogP contribution in [0.5, 0.6) is 5.75 Å². The van der Waals surface area contributed by atoms with Crippen LogP contribution in [0.3, 0.4) is 0 Å². The largest absolute Gasteiger partial charge is 0.507 e. The summed E-state index contributed by atoms with van der Waals surface area (Å²) >= 11 is 0. The molecule has 0 spiro atoms. The minimum absolute atomic E-state index is 0.0661. The van der Waals surface area contributed by atoms with Crippen molar-refractivity contribution in [1.29, 1.82) is 0 Å². The Hall–Kier alpha value is -2.65. The molecule has 3 rings (SSSR count). The average Bonchev–Trinajstić information content (AvgIpc) is 3.15. The van der Waals surface area contributed by atoms with E-state index >= 15 is 0 Å². The van der Waals surface area contributed by atoms with Gasteiger partial charge in [0, 0.05) is 11.8 Å². The molecule has 1 N–H and O–H groups in total. The van der Waals surface area contributed by atoms with Crippen LogP contribution in [0.1, 0.15) is 37.9 Å². The van der Waals surface area contributed by atoms with Gasteiger partial charge in [0.1, 0.15) is 5.75 Å². The van der Waals surface area contributed by atoms with Crippen LogP contribution in [-0.4, -0.2) is 22.8 Å². The number of benzene rings is 1. The number of phenols is 1. The summed E-state index contributed by atoms with van der Waals surface area (Å²) in [7, 11) is 0. The Labute approximate surface area is 161 Å². The first-order chi connectivity index (χ1) is 13.1. The molecule has 0 amide bonds. The van der Waals surface area contributed by atoms with E-state index in [4.69, 9.17) is 4.74 Å². The number of aromatic hydroxyl groups is 1. The van der Waals surface area contributed by atoms with Gasteiger partial charge in [-0.05, 0) is 59.8 Å². The van der Waals surface area contributed by atoms with E-state index in [9.17, 15) is 5.11 Å². The van der Waals surface area contributed by atoms with Crippen LogP contribution < -0.4 is 0 Å². The summed E-state index contributed by atoms with van der Waals surface area (Å²) in [6.45, 7) is 9.21. The standard InChI is InChI=1S/C24H27NO2/c1-17(2)18(3)21-13-15-27-24(21)12-11-19(22-9-6-7-14-25-22)16-20-8-4-5-10-23(20)26/h4-10,13-14,16-17,24,26H,3,11-12,15H2,1-2H3/b19-16-. The van der Waals surface area contributed by atoms with Gasteiger partial charge < -0.3 is 9.84 Å². The number of aromatic nitrogens is 1. The van der Waals surface area contributed by atoms with Gasteiger partial charge in [0.2, 0.25) is 0 Å². The number of ether oxygens (including phenoxy) is 1. The van der Waals surface area contributed by atoms with Gasteiger partial charge in [-0.3, -0.25) is 4.98 Å². The molecule has 0 bridgehead atoms. The number of allylic oxidation sites excluding steroid dienone is 1. The van der Waals surface area contributed by atoms with Gasteiger partial charge in [0.15, 0.2) is 0 Å². The monoisotopic (exact) mass is 361 g/mol. The number of hydrogen-bond donors (Lipinski definition) is 1. The first-order valence-corrected chi connectivity index (χ1v) is 9.47. The molecule has 1 aliphatic rings. The van der Waals surface area contributed by atoms with Crippen molar-refractivity contribution in [1.82, 2.24) is 4.98 Å². The fraction of sp³-hybridized carbons (Fsp3) is 0.292. The van der Waals surface area contributed by atoms with E-state index in [1.54, 1.807) is 12.3 Å². The Kier molecular flexibility index (Phi) is 6.25. The third-order valence-corrected chi connectivity index (χ3v) is 4.95. The second-order valence-corrected chi connectivity index (χ2v) is 7.14. The quantitative estimate of drug-likeness (QED) is 0.693. The fourth-order valence-electron chi connectivity index (χ4n) is 3.30. The predicted octanol–water partition coefficient (Wildman–Crippen LogP) is 5.65. The molecule has 0 saturated heterocycles. The Morgan fingerprint density at radius 3 is 2.74 bits per heavy atom. The Morgan fingerprint density at radius 2 is 2.04 bits per heavy atom. The molecular formula is C24H27NO2. The van der Waals surface area contributed by atoms with Crippen LogP contribution in [0.2, 0.25) is 0 Å². The van der Waals surface area contributed by atoms with Crippen LogP contribution in [0.25, 0.3) is 11.6 Å². The summed E-state index contributed by atoms with van der Waals surface area (Å²) in [4.78, 5) is 4.51. The van der Waals surface area contributed by atoms with Crippen molar-refractivity contribution in [2.24, 2.45) is 5.92 Å². The molecule has 3 heteroatoms. The molecule has 3 nitrogen and oxygen atoms in total. The first kappa shape index (κ1) is 19.1. The molecule has 1 aromatic heterocycles. The molecule has 0 fully saturated rings. The van der Waals surface area contributed by atoms with E-state index in [1.165, 1.54) is 5.57 Å². The van der Waals surface area contributed by atoms with E-state index in [-0.39, 0.29) is 11.9 Å². The van der Waals surface area contributed by atoms with Crippen LogP contribution in [0.15, 0.2) is 72.5 Å². The lowest BCUT2D eigenvalue weighted by atomic mass is 9.90. The van der Waals surface area contributed by atoms with Crippen molar-refractivity contribution < 1.29 is 9.84 Å². The molecule has 1 aromatic carbocycles. The molecule has 0 aliphatic carbocycles. The highest BCUT2D eigenvalue weighted by atomic mass is 16.5. The summed E-state index contributed by atoms with van der Waals surface area (Å²) in [6, 6.07) is 13.3. The lowest BCUT2D eigenvalue weighted by molar-refractivity contribution is 0.117. The van der Waals surface area contributed by atoms with Crippen LogP contribution in [-0.2, 0) is 4.74 Å². The number of para-hydroxylation sites is 1. The summed E-state index contributed by atoms with van der Waals surface area (Å²) < 4.78 is 5.95. The lowest BCUT2D eigenvalue weighted by Gasteiger charge is -2.19. The normalized spacial score (nSPS) is 17.2. The van der Waals surface area contributed by atoms with E-state index in [2.05, 4.69) is 31.5 Å². The van der Waals surface area contributed by atoms with E-state index in [1.807, 2.05) is 42.5 Å². The molecule has 1 atom stereocenters. The van der Waals surface area contributed by atoms with E-state index in [0.717, 1.165) is 35.2 Å². The molecular weight excluding hydrogens is 334 g/mol. The van der Waals surface area contributed by atoms with Crippen LogP contribution in [0, 0.1) is 5.92 Å². The van der Waals surface area contributed by atoms with Gasteiger partial charge in [-0.25, -0.2) is 0 Å². The molecule has 0 radical (unpaired) electrons. The van der Waals surface area contributed by atoms with Gasteiger partial charge in [-0.2, -0.15) is 0 Å². The van der Waals surface area contributed by atoms with Crippen molar-refractivity contribution in [3.05, 3.63) is 83.7 Å². The number of phenolic OH excluding ortho intramolecular Hbond substituents is 1. The van der Waals surface area contributed by atoms with Gasteiger partial charge >= 0.3 is 0 Å². The molecule has 1 aliphatic heterocycles. The second-order valence-electron chi connectivity index (χ2n) is 7.14. The van der Waals surface area contributed by atoms with Crippen LogP contribution >= 0.6 is 0 Å². The number of nitrogens with zero attached hydrogens (tertiary/aromatic N) is 1. The first-order valence-electron chi connectivity index (χ1n) is 9.47. The van der Waals surface area contributed by atoms with Crippen LogP contribution in [0.4, 0.5) is 0 Å². The topological polar surface area (TPSA) is 42.4 Å². The Morgan fingerprint density at radius 1 is 1.26 bits per heavy atom. The maximum absolute atomic E-state index is 10.2. The second kappa shape index (κ2) is 8.83. The maximum atomic E-state index is 10.2. The Bertz CT molecular complexity index is 850. The summed E-state index contributed by atoms with van der Waals surface area (Å²) in [5.41, 5.74) is 5.19. The van der Waals surface area contributed by atoms with Gasteiger partial charge in [0.25, 0.3) is 0 Å². The van der Waals surface area contributed by atoms with Gasteiger partial charge in [0.05, 0.1) is 18.4 Å². The zero-order valence-corrected chi connectivity index (χ0v) is 16.1. The van der Waals surface area contributed by atoms with Gasteiger partial charge in [-0.1, -0.05) is 50.8 Å². The average molecular weight is 361 g/mol. The van der Waals surface area contributed by atoms with Crippen molar-refractivity contribution in [3.63, 3.8) is 0 Å². The summed E-state index contributed by atoms with van der Waals surface area (Å²) in [5, 5.41) is 10.2. The number of rotatable bonds is 7. The minimum atomic E-state index is 0.0661. The Balaban J connectivity index is 1.82. The lowest BCUT2D eigenvalue weighted by Crippen LogP contribution is -2.13. The molecule has 1 unspecified atom stereocenters. The van der Waals surface area contributed by atoms with Gasteiger partial charge in [-0.15, -0.1) is 0 Å². The maximum Gasteiger partial charge on any atom is 0.122 e. The fourth-order valence-corrected chi connectivity index (χ4v) is 3.30. The molecule has 2 aromatic rings. The zero-order chi connectivity index (χ0) is 19.2. The SMILES string of the molecule is C=C(C1=CCOC1CC/C(=C/c1ccccc1O)c1ccccn1)C(C)C. The van der Waals surface area contributed by atoms with Crippen molar-refractivity contribution in [3.8, 4) is 5.75 Å². The van der Waals surface area contributed by atoms with Crippen molar-refractivity contribution >= 4 is 11.6 Å². The highest BCUT2D eigenvalue weighted by Crippen LogP contribution is 2.32. The van der Waals surface area contributed by atoms with Crippen molar-refractivity contribution in [2.75, 3.05) is 6.61 Å². The van der Waals surface area contributed by atoms with E-state index < -0.39 is 0 Å². The predicted molar refractivity (Wildman–Crippen MR) is 111 cm³/mol. The minimum Gasteiger partial charge on any atom is -0.507 e. The third-order valence-electron chi connectivity index (χ3n) is 4.95. The number of pyridine rings is 1. The highest BCUT2D eigenvalue weighted by Gasteiger charge is 2.23. The van der Waals surface area contributed by atoms with E-state index in [0.29, 0.717) is 12.5 Å². The molecule has 27 heavy (non-hydrogen) atoms. The summed E-state index contributed by atoms with van der Waals surface area (Å²) in [5.74, 6) is 0.685. The number of hydrogen-bond acceptors (Lipinski definition) is 3. The summed E-state index contributed by atoms with van der Waals surface area (Å²) in [6.07, 6.45) is 7.70. The third kappa shape index (κ3) is 4.75. The van der Waals surface area contributed by atoms with Crippen molar-refractivity contribution in [2.45, 2.75) is 32.8 Å². The molecule has 140 valence electrons. The zero-order valence-electron chi connectivity index (χ0n) is 16.1. The molecule has 0 saturated carbocycles.